The second-order valence-corrected chi connectivity index (χ2v) is 4.93. The van der Waals surface area contributed by atoms with Gasteiger partial charge < -0.3 is 10.5 Å². The van der Waals surface area contributed by atoms with Crippen molar-refractivity contribution in [2.24, 2.45) is 0 Å². The molecule has 2 heterocycles. The van der Waals surface area contributed by atoms with Crippen LogP contribution in [-0.2, 0) is 11.3 Å². The Hall–Kier alpha value is -1.13. The number of pyridine rings is 1. The molecule has 0 aromatic carbocycles. The topological polar surface area (TPSA) is 51.4 Å². The molecule has 3 rings (SSSR count). The van der Waals surface area contributed by atoms with Gasteiger partial charge in [-0.25, -0.2) is 4.98 Å². The molecule has 1 aromatic rings. The van der Waals surface area contributed by atoms with Gasteiger partial charge in [-0.1, -0.05) is 6.07 Å². The zero-order chi connectivity index (χ0) is 11.7. The minimum atomic E-state index is 0.446. The Morgan fingerprint density at radius 2 is 2.41 bits per heavy atom. The third-order valence-electron chi connectivity index (χ3n) is 3.90. The number of nitrogen functional groups attached to an aromatic ring is 1. The van der Waals surface area contributed by atoms with E-state index in [2.05, 4.69) is 16.0 Å². The van der Waals surface area contributed by atoms with Crippen LogP contribution in [0.4, 0.5) is 5.82 Å². The third-order valence-corrected chi connectivity index (χ3v) is 3.90. The number of aromatic nitrogens is 1. The Bertz CT molecular complexity index is 396. The Kier molecular flexibility index (Phi) is 2.99. The number of fused-ring (bicyclic) bond motifs is 1. The zero-order valence-corrected chi connectivity index (χ0v) is 10.0. The molecule has 0 spiro atoms. The molecule has 1 aliphatic heterocycles. The molecule has 2 unspecified atom stereocenters. The van der Waals surface area contributed by atoms with E-state index in [1.165, 1.54) is 19.3 Å². The number of anilines is 1. The maximum Gasteiger partial charge on any atom is 0.127 e. The van der Waals surface area contributed by atoms with Crippen LogP contribution < -0.4 is 5.73 Å². The summed E-state index contributed by atoms with van der Waals surface area (Å²) in [6.45, 7) is 2.76. The van der Waals surface area contributed by atoms with Crippen molar-refractivity contribution in [1.82, 2.24) is 9.88 Å². The van der Waals surface area contributed by atoms with Gasteiger partial charge in [-0.05, 0) is 25.3 Å². The molecular weight excluding hydrogens is 214 g/mol. The lowest BCUT2D eigenvalue weighted by Gasteiger charge is -2.37. The molecule has 1 saturated carbocycles. The van der Waals surface area contributed by atoms with Gasteiger partial charge in [0.25, 0.3) is 0 Å². The van der Waals surface area contributed by atoms with E-state index in [9.17, 15) is 0 Å². The van der Waals surface area contributed by atoms with E-state index in [0.717, 1.165) is 25.3 Å². The van der Waals surface area contributed by atoms with Crippen LogP contribution >= 0.6 is 0 Å². The number of rotatable bonds is 2. The first-order valence-corrected chi connectivity index (χ1v) is 6.39. The lowest BCUT2D eigenvalue weighted by Crippen LogP contribution is -2.47. The van der Waals surface area contributed by atoms with E-state index < -0.39 is 0 Å². The maximum atomic E-state index is 5.91. The molecule has 2 fully saturated rings. The summed E-state index contributed by atoms with van der Waals surface area (Å²) < 4.78 is 5.81. The first-order valence-electron chi connectivity index (χ1n) is 6.39. The Morgan fingerprint density at radius 1 is 1.47 bits per heavy atom. The van der Waals surface area contributed by atoms with Crippen molar-refractivity contribution >= 4 is 5.82 Å². The van der Waals surface area contributed by atoms with Crippen molar-refractivity contribution < 1.29 is 4.74 Å². The molecule has 17 heavy (non-hydrogen) atoms. The Morgan fingerprint density at radius 3 is 3.29 bits per heavy atom. The van der Waals surface area contributed by atoms with E-state index in [1.54, 1.807) is 6.20 Å². The second-order valence-electron chi connectivity index (χ2n) is 4.93. The zero-order valence-electron chi connectivity index (χ0n) is 10.0. The van der Waals surface area contributed by atoms with Crippen LogP contribution in [-0.4, -0.2) is 35.2 Å². The van der Waals surface area contributed by atoms with E-state index >= 15 is 0 Å². The smallest absolute Gasteiger partial charge is 0.127 e. The number of ether oxygens (including phenoxy) is 1. The average Bonchev–Trinajstić information content (AvgIpc) is 2.81. The lowest BCUT2D eigenvalue weighted by atomic mass is 10.1. The number of nitrogens with two attached hydrogens (primary N) is 1. The van der Waals surface area contributed by atoms with Crippen molar-refractivity contribution in [3.63, 3.8) is 0 Å². The summed E-state index contributed by atoms with van der Waals surface area (Å²) in [4.78, 5) is 6.66. The van der Waals surface area contributed by atoms with Crippen molar-refractivity contribution in [1.29, 1.82) is 0 Å². The summed E-state index contributed by atoms with van der Waals surface area (Å²) >= 11 is 0. The standard InChI is InChI=1S/C13H19N3O/c14-13-10(3-2-6-15-13)9-16-7-8-17-12-5-1-4-11(12)16/h2-3,6,11-12H,1,4-5,7-9H2,(H2,14,15). The number of morpholine rings is 1. The van der Waals surface area contributed by atoms with Gasteiger partial charge in [0, 0.05) is 30.9 Å². The van der Waals surface area contributed by atoms with E-state index in [-0.39, 0.29) is 0 Å². The highest BCUT2D eigenvalue weighted by Crippen LogP contribution is 2.30. The predicted molar refractivity (Wildman–Crippen MR) is 66.4 cm³/mol. The summed E-state index contributed by atoms with van der Waals surface area (Å²) in [6, 6.07) is 4.61. The van der Waals surface area contributed by atoms with Crippen LogP contribution in [0, 0.1) is 0 Å². The predicted octanol–water partition coefficient (Wildman–Crippen LogP) is 1.42. The molecule has 0 amide bonds. The van der Waals surface area contributed by atoms with Gasteiger partial charge in [-0.2, -0.15) is 0 Å². The molecule has 4 nitrogen and oxygen atoms in total. The molecular formula is C13H19N3O. The number of hydrogen-bond acceptors (Lipinski definition) is 4. The summed E-state index contributed by atoms with van der Waals surface area (Å²) in [5.41, 5.74) is 7.04. The summed E-state index contributed by atoms with van der Waals surface area (Å²) in [5, 5.41) is 0. The van der Waals surface area contributed by atoms with E-state index in [1.807, 2.05) is 6.07 Å². The molecule has 0 bridgehead atoms. The lowest BCUT2D eigenvalue weighted by molar-refractivity contribution is -0.0587. The van der Waals surface area contributed by atoms with Gasteiger partial charge in [-0.15, -0.1) is 0 Å². The van der Waals surface area contributed by atoms with E-state index in [4.69, 9.17) is 10.5 Å². The summed E-state index contributed by atoms with van der Waals surface area (Å²) in [6.07, 6.45) is 5.95. The maximum absolute atomic E-state index is 5.91. The summed E-state index contributed by atoms with van der Waals surface area (Å²) in [7, 11) is 0. The van der Waals surface area contributed by atoms with E-state index in [0.29, 0.717) is 18.0 Å². The minimum absolute atomic E-state index is 0.446. The van der Waals surface area contributed by atoms with Crippen LogP contribution in [0.1, 0.15) is 24.8 Å². The fourth-order valence-electron chi connectivity index (χ4n) is 3.01. The van der Waals surface area contributed by atoms with Crippen molar-refractivity contribution in [3.05, 3.63) is 23.9 Å². The monoisotopic (exact) mass is 233 g/mol. The van der Waals surface area contributed by atoms with Gasteiger partial charge in [0.05, 0.1) is 12.7 Å². The van der Waals surface area contributed by atoms with Crippen LogP contribution in [0.15, 0.2) is 18.3 Å². The van der Waals surface area contributed by atoms with Crippen molar-refractivity contribution in [3.8, 4) is 0 Å². The molecule has 92 valence electrons. The first-order chi connectivity index (χ1) is 8.34. The molecule has 0 radical (unpaired) electrons. The quantitative estimate of drug-likeness (QED) is 0.839. The Balaban J connectivity index is 1.74. The fourth-order valence-corrected chi connectivity index (χ4v) is 3.01. The van der Waals surface area contributed by atoms with Crippen molar-refractivity contribution in [2.45, 2.75) is 38.0 Å². The minimum Gasteiger partial charge on any atom is -0.383 e. The number of nitrogens with zero attached hydrogens (tertiary/aromatic N) is 2. The van der Waals surface area contributed by atoms with Crippen molar-refractivity contribution in [2.75, 3.05) is 18.9 Å². The molecule has 1 aliphatic carbocycles. The molecule has 2 N–H and O–H groups in total. The highest BCUT2D eigenvalue weighted by Gasteiger charge is 2.35. The van der Waals surface area contributed by atoms with Gasteiger partial charge in [-0.3, -0.25) is 4.90 Å². The molecule has 1 saturated heterocycles. The SMILES string of the molecule is Nc1ncccc1CN1CCOC2CCCC21. The van der Waals surface area contributed by atoms with Crippen LogP contribution in [0.25, 0.3) is 0 Å². The second kappa shape index (κ2) is 4.63. The molecule has 2 aliphatic rings. The van der Waals surface area contributed by atoms with Gasteiger partial charge in [0.1, 0.15) is 5.82 Å². The average molecular weight is 233 g/mol. The third kappa shape index (κ3) is 2.15. The Labute approximate surface area is 102 Å². The normalized spacial score (nSPS) is 29.2. The van der Waals surface area contributed by atoms with Crippen LogP contribution in [0.5, 0.6) is 0 Å². The van der Waals surface area contributed by atoms with Gasteiger partial charge in [0.2, 0.25) is 0 Å². The van der Waals surface area contributed by atoms with Gasteiger partial charge >= 0.3 is 0 Å². The fraction of sp³-hybridized carbons (Fsp3) is 0.615. The highest BCUT2D eigenvalue weighted by atomic mass is 16.5. The molecule has 1 aromatic heterocycles. The molecule has 2 atom stereocenters. The largest absolute Gasteiger partial charge is 0.383 e. The first kappa shape index (κ1) is 11.0. The summed E-state index contributed by atoms with van der Waals surface area (Å²) in [5.74, 6) is 0.661. The van der Waals surface area contributed by atoms with Crippen LogP contribution in [0.2, 0.25) is 0 Å². The van der Waals surface area contributed by atoms with Gasteiger partial charge in [0.15, 0.2) is 0 Å². The number of hydrogen-bond donors (Lipinski definition) is 1. The van der Waals surface area contributed by atoms with Crippen LogP contribution in [0.3, 0.4) is 0 Å². The highest BCUT2D eigenvalue weighted by molar-refractivity contribution is 5.38. The molecule has 4 heteroatoms.